The maximum Gasteiger partial charge on any atom is 0.317 e. The van der Waals surface area contributed by atoms with E-state index in [1.165, 1.54) is 12.8 Å². The van der Waals surface area contributed by atoms with E-state index in [0.717, 1.165) is 45.7 Å². The van der Waals surface area contributed by atoms with Crippen LogP contribution in [0.4, 0.5) is 4.79 Å². The summed E-state index contributed by atoms with van der Waals surface area (Å²) < 4.78 is 5.38. The Morgan fingerprint density at radius 2 is 2.11 bits per heavy atom. The zero-order valence-corrected chi connectivity index (χ0v) is 10.9. The Bertz CT molecular complexity index is 299. The van der Waals surface area contributed by atoms with Crippen LogP contribution in [-0.2, 0) is 4.74 Å². The second-order valence-corrected chi connectivity index (χ2v) is 5.70. The molecule has 3 aliphatic rings. The largest absolute Gasteiger partial charge is 0.381 e. The average Bonchev–Trinajstić information content (AvgIpc) is 3.02. The monoisotopic (exact) mass is 253 g/mol. The van der Waals surface area contributed by atoms with Crippen LogP contribution in [0.3, 0.4) is 0 Å². The van der Waals surface area contributed by atoms with Crippen molar-refractivity contribution in [2.75, 3.05) is 32.8 Å². The molecule has 0 saturated carbocycles. The Labute approximate surface area is 108 Å². The van der Waals surface area contributed by atoms with Gasteiger partial charge in [0.1, 0.15) is 0 Å². The standard InChI is InChI=1S/C13H23N3O2/c17-13-15-12(10-3-6-18-7-4-10)9-16(13)8-11-2-1-5-14-11/h10-12,14H,1-9H2,(H,15,17). The van der Waals surface area contributed by atoms with Gasteiger partial charge in [-0.25, -0.2) is 4.79 Å². The minimum Gasteiger partial charge on any atom is -0.381 e. The molecule has 5 nitrogen and oxygen atoms in total. The van der Waals surface area contributed by atoms with Gasteiger partial charge in [0.25, 0.3) is 0 Å². The fourth-order valence-corrected chi connectivity index (χ4v) is 3.34. The molecule has 5 heteroatoms. The molecule has 3 rings (SSSR count). The van der Waals surface area contributed by atoms with Crippen molar-refractivity contribution in [1.29, 1.82) is 0 Å². The minimum atomic E-state index is 0.125. The van der Waals surface area contributed by atoms with E-state index in [1.54, 1.807) is 0 Å². The molecule has 0 aromatic rings. The Balaban J connectivity index is 1.52. The van der Waals surface area contributed by atoms with E-state index in [0.29, 0.717) is 18.0 Å². The van der Waals surface area contributed by atoms with Crippen molar-refractivity contribution in [3.63, 3.8) is 0 Å². The predicted octanol–water partition coefficient (Wildman–Crippen LogP) is 0.559. The van der Waals surface area contributed by atoms with E-state index < -0.39 is 0 Å². The number of rotatable bonds is 3. The van der Waals surface area contributed by atoms with Crippen molar-refractivity contribution < 1.29 is 9.53 Å². The lowest BCUT2D eigenvalue weighted by Gasteiger charge is -2.27. The normalized spacial score (nSPS) is 34.0. The second kappa shape index (κ2) is 5.45. The van der Waals surface area contributed by atoms with E-state index in [9.17, 15) is 4.79 Å². The molecule has 0 aliphatic carbocycles. The molecule has 0 radical (unpaired) electrons. The van der Waals surface area contributed by atoms with Crippen LogP contribution < -0.4 is 10.6 Å². The van der Waals surface area contributed by atoms with Gasteiger partial charge in [0, 0.05) is 32.3 Å². The molecule has 3 aliphatic heterocycles. The molecular formula is C13H23N3O2. The average molecular weight is 253 g/mol. The van der Waals surface area contributed by atoms with Crippen molar-refractivity contribution in [1.82, 2.24) is 15.5 Å². The van der Waals surface area contributed by atoms with Gasteiger partial charge in [0.2, 0.25) is 0 Å². The molecule has 0 bridgehead atoms. The molecule has 0 aromatic carbocycles. The maximum absolute atomic E-state index is 12.0. The van der Waals surface area contributed by atoms with Gasteiger partial charge in [-0.1, -0.05) is 0 Å². The predicted molar refractivity (Wildman–Crippen MR) is 68.5 cm³/mol. The van der Waals surface area contributed by atoms with Crippen molar-refractivity contribution in [2.24, 2.45) is 5.92 Å². The Morgan fingerprint density at radius 1 is 1.28 bits per heavy atom. The zero-order valence-electron chi connectivity index (χ0n) is 10.9. The van der Waals surface area contributed by atoms with Gasteiger partial charge in [-0.05, 0) is 38.1 Å². The smallest absolute Gasteiger partial charge is 0.317 e. The SMILES string of the molecule is O=C1NC(C2CCOCC2)CN1CC1CCCN1. The van der Waals surface area contributed by atoms with Crippen LogP contribution >= 0.6 is 0 Å². The van der Waals surface area contributed by atoms with Gasteiger partial charge in [0.05, 0.1) is 6.04 Å². The van der Waals surface area contributed by atoms with Crippen molar-refractivity contribution in [3.05, 3.63) is 0 Å². The number of carbonyl (C=O) groups is 1. The van der Waals surface area contributed by atoms with Crippen molar-refractivity contribution >= 4 is 6.03 Å². The number of nitrogens with one attached hydrogen (secondary N) is 2. The van der Waals surface area contributed by atoms with E-state index in [2.05, 4.69) is 10.6 Å². The summed E-state index contributed by atoms with van der Waals surface area (Å²) in [6.45, 7) is 4.54. The molecule has 2 atom stereocenters. The molecule has 0 spiro atoms. The van der Waals surface area contributed by atoms with E-state index in [-0.39, 0.29) is 6.03 Å². The number of hydrogen-bond acceptors (Lipinski definition) is 3. The number of hydrogen-bond donors (Lipinski definition) is 2. The highest BCUT2D eigenvalue weighted by Gasteiger charge is 2.35. The third kappa shape index (κ3) is 2.62. The van der Waals surface area contributed by atoms with Crippen LogP contribution in [0.15, 0.2) is 0 Å². The summed E-state index contributed by atoms with van der Waals surface area (Å²) in [7, 11) is 0. The number of amides is 2. The molecule has 2 unspecified atom stereocenters. The van der Waals surface area contributed by atoms with Crippen molar-refractivity contribution in [2.45, 2.75) is 37.8 Å². The minimum absolute atomic E-state index is 0.125. The molecule has 3 saturated heterocycles. The third-order valence-corrected chi connectivity index (χ3v) is 4.45. The Kier molecular flexibility index (Phi) is 3.70. The highest BCUT2D eigenvalue weighted by atomic mass is 16.5. The first-order valence-corrected chi connectivity index (χ1v) is 7.19. The number of carbonyl (C=O) groups excluding carboxylic acids is 1. The highest BCUT2D eigenvalue weighted by molar-refractivity contribution is 5.77. The lowest BCUT2D eigenvalue weighted by Crippen LogP contribution is -2.39. The van der Waals surface area contributed by atoms with Crippen LogP contribution in [0.25, 0.3) is 0 Å². The zero-order chi connectivity index (χ0) is 12.4. The molecule has 18 heavy (non-hydrogen) atoms. The van der Waals surface area contributed by atoms with Crippen LogP contribution in [0.5, 0.6) is 0 Å². The van der Waals surface area contributed by atoms with Gasteiger partial charge >= 0.3 is 6.03 Å². The molecule has 3 heterocycles. The molecular weight excluding hydrogens is 230 g/mol. The van der Waals surface area contributed by atoms with E-state index in [4.69, 9.17) is 4.74 Å². The van der Waals surface area contributed by atoms with Gasteiger partial charge in [-0.2, -0.15) is 0 Å². The Morgan fingerprint density at radius 3 is 2.83 bits per heavy atom. The van der Waals surface area contributed by atoms with Crippen LogP contribution in [0, 0.1) is 5.92 Å². The highest BCUT2D eigenvalue weighted by Crippen LogP contribution is 2.23. The summed E-state index contributed by atoms with van der Waals surface area (Å²) in [6.07, 6.45) is 4.61. The van der Waals surface area contributed by atoms with Gasteiger partial charge in [-0.3, -0.25) is 0 Å². The van der Waals surface area contributed by atoms with Crippen LogP contribution in [-0.4, -0.2) is 55.9 Å². The van der Waals surface area contributed by atoms with Crippen molar-refractivity contribution in [3.8, 4) is 0 Å². The molecule has 3 fully saturated rings. The topological polar surface area (TPSA) is 53.6 Å². The first-order chi connectivity index (χ1) is 8.83. The van der Waals surface area contributed by atoms with Crippen LogP contribution in [0.2, 0.25) is 0 Å². The lowest BCUT2D eigenvalue weighted by atomic mass is 9.92. The maximum atomic E-state index is 12.0. The van der Waals surface area contributed by atoms with E-state index >= 15 is 0 Å². The molecule has 0 aromatic heterocycles. The second-order valence-electron chi connectivity index (χ2n) is 5.70. The molecule has 2 amide bonds. The number of urea groups is 1. The fraction of sp³-hybridized carbons (Fsp3) is 0.923. The molecule has 102 valence electrons. The van der Waals surface area contributed by atoms with Gasteiger partial charge in [0.15, 0.2) is 0 Å². The van der Waals surface area contributed by atoms with Gasteiger partial charge in [-0.15, -0.1) is 0 Å². The quantitative estimate of drug-likeness (QED) is 0.772. The van der Waals surface area contributed by atoms with Gasteiger partial charge < -0.3 is 20.3 Å². The fourth-order valence-electron chi connectivity index (χ4n) is 3.34. The summed E-state index contributed by atoms with van der Waals surface area (Å²) in [6, 6.07) is 0.965. The summed E-state index contributed by atoms with van der Waals surface area (Å²) in [5, 5.41) is 6.61. The third-order valence-electron chi connectivity index (χ3n) is 4.45. The number of nitrogens with zero attached hydrogens (tertiary/aromatic N) is 1. The molecule has 2 N–H and O–H groups in total. The first kappa shape index (κ1) is 12.2. The van der Waals surface area contributed by atoms with E-state index in [1.807, 2.05) is 4.90 Å². The lowest BCUT2D eigenvalue weighted by molar-refractivity contribution is 0.0566. The summed E-state index contributed by atoms with van der Waals surface area (Å²) in [5.41, 5.74) is 0. The summed E-state index contributed by atoms with van der Waals surface area (Å²) in [5.74, 6) is 0.601. The number of ether oxygens (including phenoxy) is 1. The first-order valence-electron chi connectivity index (χ1n) is 7.19. The summed E-state index contributed by atoms with van der Waals surface area (Å²) in [4.78, 5) is 14.0. The van der Waals surface area contributed by atoms with Crippen LogP contribution in [0.1, 0.15) is 25.7 Å². The summed E-state index contributed by atoms with van der Waals surface area (Å²) >= 11 is 0. The Hall–Kier alpha value is -0.810.